The van der Waals surface area contributed by atoms with Crippen molar-refractivity contribution in [2.45, 2.75) is 18.8 Å². The summed E-state index contributed by atoms with van der Waals surface area (Å²) in [6, 6.07) is 7.91. The highest BCUT2D eigenvalue weighted by molar-refractivity contribution is 7.18. The van der Waals surface area contributed by atoms with Crippen LogP contribution >= 0.6 is 34.3 Å². The number of piperidine rings is 1. The number of carbonyl (C=O) groups excluding carboxylic acids is 1. The molecule has 0 spiro atoms. The number of nitrogens with zero attached hydrogens (tertiary/aromatic N) is 1. The molecule has 2 nitrogen and oxygen atoms in total. The van der Waals surface area contributed by atoms with E-state index in [1.54, 1.807) is 6.07 Å². The molecule has 0 unspecified atom stereocenters. The van der Waals surface area contributed by atoms with E-state index in [2.05, 4.69) is 17.5 Å². The van der Waals surface area contributed by atoms with Crippen molar-refractivity contribution in [1.82, 2.24) is 4.90 Å². The van der Waals surface area contributed by atoms with Crippen LogP contribution in [0.4, 0.5) is 0 Å². The van der Waals surface area contributed by atoms with Crippen molar-refractivity contribution in [2.24, 2.45) is 0 Å². The largest absolute Gasteiger partial charge is 0.338 e. The van der Waals surface area contributed by atoms with Crippen LogP contribution in [0.25, 0.3) is 0 Å². The molecule has 5 heteroatoms. The van der Waals surface area contributed by atoms with Gasteiger partial charge in [0.15, 0.2) is 0 Å². The second kappa shape index (κ2) is 5.65. The van der Waals surface area contributed by atoms with Crippen LogP contribution in [0, 0.1) is 0 Å². The van der Waals surface area contributed by atoms with E-state index in [9.17, 15) is 4.79 Å². The Morgan fingerprint density at radius 1 is 1.26 bits per heavy atom. The second-order valence-electron chi connectivity index (χ2n) is 4.69. The monoisotopic (exact) mass is 311 g/mol. The van der Waals surface area contributed by atoms with Crippen molar-refractivity contribution in [3.8, 4) is 0 Å². The fourth-order valence-electron chi connectivity index (χ4n) is 2.48. The molecule has 1 aliphatic heterocycles. The minimum atomic E-state index is 0.126. The Kier molecular flexibility index (Phi) is 3.91. The molecule has 2 aromatic heterocycles. The van der Waals surface area contributed by atoms with Crippen LogP contribution in [0.3, 0.4) is 0 Å². The molecule has 1 aliphatic rings. The first-order valence-electron chi connectivity index (χ1n) is 6.32. The summed E-state index contributed by atoms with van der Waals surface area (Å²) in [7, 11) is 0. The number of carbonyl (C=O) groups is 1. The highest BCUT2D eigenvalue weighted by Gasteiger charge is 2.25. The summed E-state index contributed by atoms with van der Waals surface area (Å²) in [6.07, 6.45) is 2.12. The molecule has 0 saturated carbocycles. The van der Waals surface area contributed by atoms with Gasteiger partial charge in [-0.3, -0.25) is 4.79 Å². The summed E-state index contributed by atoms with van der Waals surface area (Å²) >= 11 is 9.07. The quantitative estimate of drug-likeness (QED) is 0.800. The zero-order valence-corrected chi connectivity index (χ0v) is 12.7. The summed E-state index contributed by atoms with van der Waals surface area (Å²) in [5.74, 6) is 0.748. The average molecular weight is 312 g/mol. The summed E-state index contributed by atoms with van der Waals surface area (Å²) in [5.41, 5.74) is 0. The number of rotatable bonds is 2. The maximum atomic E-state index is 12.3. The summed E-state index contributed by atoms with van der Waals surface area (Å²) in [5, 5.41) is 2.13. The van der Waals surface area contributed by atoms with E-state index in [4.69, 9.17) is 11.6 Å². The van der Waals surface area contributed by atoms with Gasteiger partial charge in [-0.15, -0.1) is 22.7 Å². The molecule has 0 bridgehead atoms. The molecule has 0 N–H and O–H groups in total. The van der Waals surface area contributed by atoms with Crippen molar-refractivity contribution in [2.75, 3.05) is 13.1 Å². The Morgan fingerprint density at radius 3 is 2.63 bits per heavy atom. The minimum absolute atomic E-state index is 0.126. The first-order chi connectivity index (χ1) is 9.24. The van der Waals surface area contributed by atoms with Gasteiger partial charge in [0, 0.05) is 18.0 Å². The first kappa shape index (κ1) is 13.2. The molecule has 3 rings (SSSR count). The van der Waals surface area contributed by atoms with Gasteiger partial charge in [-0.25, -0.2) is 0 Å². The Hall–Kier alpha value is -0.840. The number of likely N-dealkylation sites (tertiary alicyclic amines) is 1. The normalized spacial score (nSPS) is 16.8. The Bertz CT molecular complexity index is 556. The Balaban J connectivity index is 1.62. The number of hydrogen-bond acceptors (Lipinski definition) is 3. The molecular formula is C14H14ClNOS2. The van der Waals surface area contributed by atoms with Gasteiger partial charge in [-0.2, -0.15) is 0 Å². The van der Waals surface area contributed by atoms with E-state index in [1.165, 1.54) is 16.2 Å². The fourth-order valence-corrected chi connectivity index (χ4v) is 4.39. The number of thiophene rings is 2. The lowest BCUT2D eigenvalue weighted by Gasteiger charge is -2.31. The van der Waals surface area contributed by atoms with Crippen LogP contribution in [0.5, 0.6) is 0 Å². The third-order valence-corrected chi connectivity index (χ3v) is 5.77. The maximum Gasteiger partial charge on any atom is 0.263 e. The van der Waals surface area contributed by atoms with E-state index >= 15 is 0 Å². The number of hydrogen-bond donors (Lipinski definition) is 0. The second-order valence-corrected chi connectivity index (χ2v) is 7.38. The zero-order valence-electron chi connectivity index (χ0n) is 10.3. The molecule has 2 aromatic rings. The topological polar surface area (TPSA) is 20.3 Å². The summed E-state index contributed by atoms with van der Waals surface area (Å²) in [6.45, 7) is 1.69. The average Bonchev–Trinajstić information content (AvgIpc) is 3.09. The molecular weight excluding hydrogens is 298 g/mol. The Morgan fingerprint density at radius 2 is 2.05 bits per heavy atom. The third kappa shape index (κ3) is 2.86. The molecule has 1 saturated heterocycles. The molecule has 0 radical (unpaired) electrons. The van der Waals surface area contributed by atoms with Gasteiger partial charge in [0.25, 0.3) is 5.91 Å². The van der Waals surface area contributed by atoms with Crippen molar-refractivity contribution >= 4 is 40.2 Å². The highest BCUT2D eigenvalue weighted by atomic mass is 35.5. The van der Waals surface area contributed by atoms with Crippen LogP contribution < -0.4 is 0 Å². The lowest BCUT2D eigenvalue weighted by atomic mass is 9.95. The van der Waals surface area contributed by atoms with Gasteiger partial charge in [-0.05, 0) is 42.3 Å². The molecule has 100 valence electrons. The molecule has 0 aliphatic carbocycles. The zero-order chi connectivity index (χ0) is 13.2. The van der Waals surface area contributed by atoms with E-state index in [-0.39, 0.29) is 5.91 Å². The number of halogens is 1. The Labute approximate surface area is 125 Å². The van der Waals surface area contributed by atoms with Crippen LogP contribution in [0.2, 0.25) is 4.34 Å². The van der Waals surface area contributed by atoms with E-state index in [0.717, 1.165) is 30.8 Å². The van der Waals surface area contributed by atoms with Crippen LogP contribution in [-0.2, 0) is 0 Å². The molecule has 0 aromatic carbocycles. The van der Waals surface area contributed by atoms with Crippen LogP contribution in [-0.4, -0.2) is 23.9 Å². The molecule has 0 atom stereocenters. The maximum absolute atomic E-state index is 12.3. The lowest BCUT2D eigenvalue weighted by molar-refractivity contribution is 0.0718. The smallest absolute Gasteiger partial charge is 0.263 e. The van der Waals surface area contributed by atoms with E-state index in [0.29, 0.717) is 10.3 Å². The first-order valence-corrected chi connectivity index (χ1v) is 8.39. The van der Waals surface area contributed by atoms with E-state index in [1.807, 2.05) is 22.3 Å². The van der Waals surface area contributed by atoms with Crippen LogP contribution in [0.1, 0.15) is 33.3 Å². The lowest BCUT2D eigenvalue weighted by Crippen LogP contribution is -2.37. The summed E-state index contributed by atoms with van der Waals surface area (Å²) in [4.78, 5) is 16.4. The SMILES string of the molecule is O=C(c1ccc(Cl)s1)N1CCC(c2cccs2)CC1. The van der Waals surface area contributed by atoms with Gasteiger partial charge >= 0.3 is 0 Å². The predicted octanol–water partition coefficient (Wildman–Crippen LogP) is 4.48. The molecule has 19 heavy (non-hydrogen) atoms. The standard InChI is InChI=1S/C14H14ClNOS2/c15-13-4-3-12(19-13)14(17)16-7-5-10(6-8-16)11-2-1-9-18-11/h1-4,9-10H,5-8H2. The van der Waals surface area contributed by atoms with Crippen molar-refractivity contribution < 1.29 is 4.79 Å². The molecule has 1 fully saturated rings. The minimum Gasteiger partial charge on any atom is -0.338 e. The van der Waals surface area contributed by atoms with Crippen molar-refractivity contribution in [3.63, 3.8) is 0 Å². The fraction of sp³-hybridized carbons (Fsp3) is 0.357. The van der Waals surface area contributed by atoms with Crippen molar-refractivity contribution in [1.29, 1.82) is 0 Å². The summed E-state index contributed by atoms with van der Waals surface area (Å²) < 4.78 is 0.678. The number of amides is 1. The predicted molar refractivity (Wildman–Crippen MR) is 81.5 cm³/mol. The van der Waals surface area contributed by atoms with Crippen molar-refractivity contribution in [3.05, 3.63) is 43.7 Å². The van der Waals surface area contributed by atoms with Gasteiger partial charge < -0.3 is 4.90 Å². The van der Waals surface area contributed by atoms with Gasteiger partial charge in [0.05, 0.1) is 9.21 Å². The van der Waals surface area contributed by atoms with Crippen LogP contribution in [0.15, 0.2) is 29.6 Å². The van der Waals surface area contributed by atoms with E-state index < -0.39 is 0 Å². The van der Waals surface area contributed by atoms with Gasteiger partial charge in [-0.1, -0.05) is 17.7 Å². The highest BCUT2D eigenvalue weighted by Crippen LogP contribution is 2.32. The van der Waals surface area contributed by atoms with Gasteiger partial charge in [0.1, 0.15) is 0 Å². The third-order valence-electron chi connectivity index (χ3n) is 3.51. The molecule has 3 heterocycles. The van der Waals surface area contributed by atoms with Gasteiger partial charge in [0.2, 0.25) is 0 Å². The molecule has 1 amide bonds.